The van der Waals surface area contributed by atoms with Gasteiger partial charge in [-0.15, -0.1) is 0 Å². The molecule has 4 aliphatic rings. The van der Waals surface area contributed by atoms with Gasteiger partial charge in [-0.25, -0.2) is 0 Å². The molecular formula is C18H19N3OS. The van der Waals surface area contributed by atoms with Crippen LogP contribution in [0.3, 0.4) is 0 Å². The van der Waals surface area contributed by atoms with Gasteiger partial charge in [0.25, 0.3) is 0 Å². The number of amides is 1. The number of thioether (sulfide) groups is 1. The average Bonchev–Trinajstić information content (AvgIpc) is 3.13. The molecule has 0 spiro atoms. The summed E-state index contributed by atoms with van der Waals surface area (Å²) in [6.45, 7) is 0. The second-order valence-electron chi connectivity index (χ2n) is 6.74. The van der Waals surface area contributed by atoms with E-state index < -0.39 is 0 Å². The van der Waals surface area contributed by atoms with Crippen LogP contribution in [0.5, 0.6) is 0 Å². The molecule has 4 nitrogen and oxygen atoms in total. The van der Waals surface area contributed by atoms with Gasteiger partial charge in [-0.3, -0.25) is 9.79 Å². The Morgan fingerprint density at radius 3 is 3.09 bits per heavy atom. The third-order valence-corrected chi connectivity index (χ3v) is 6.19. The molecule has 0 unspecified atom stereocenters. The first-order chi connectivity index (χ1) is 11.3. The lowest BCUT2D eigenvalue weighted by Crippen LogP contribution is -2.38. The van der Waals surface area contributed by atoms with Gasteiger partial charge in [0.15, 0.2) is 5.17 Å². The molecule has 0 radical (unpaired) electrons. The number of aryl methyl sites for hydroxylation is 1. The molecule has 1 aromatic rings. The fourth-order valence-electron chi connectivity index (χ4n) is 4.17. The predicted molar refractivity (Wildman–Crippen MR) is 94.3 cm³/mol. The van der Waals surface area contributed by atoms with Crippen LogP contribution in [0.4, 0.5) is 5.69 Å². The van der Waals surface area contributed by atoms with Crippen molar-refractivity contribution >= 4 is 34.2 Å². The van der Waals surface area contributed by atoms with E-state index in [2.05, 4.69) is 33.8 Å². The van der Waals surface area contributed by atoms with Crippen LogP contribution in [0.25, 0.3) is 5.70 Å². The molecule has 1 saturated carbocycles. The fraction of sp³-hybridized carbons (Fsp3) is 0.444. The number of carbonyl (C=O) groups is 1. The minimum Gasteiger partial charge on any atom is -0.326 e. The number of carbonyl (C=O) groups excluding carboxylic acids is 1. The number of amidine groups is 1. The highest BCUT2D eigenvalue weighted by molar-refractivity contribution is 8.16. The lowest BCUT2D eigenvalue weighted by molar-refractivity contribution is -0.116. The van der Waals surface area contributed by atoms with Crippen molar-refractivity contribution in [2.45, 2.75) is 50.6 Å². The molecule has 5 heteroatoms. The second-order valence-corrected chi connectivity index (χ2v) is 7.58. The predicted octanol–water partition coefficient (Wildman–Crippen LogP) is 3.60. The summed E-state index contributed by atoms with van der Waals surface area (Å²) in [6.07, 6.45) is 6.53. The van der Waals surface area contributed by atoms with Gasteiger partial charge in [-0.1, -0.05) is 30.7 Å². The first-order valence-corrected chi connectivity index (χ1v) is 9.34. The third kappa shape index (κ3) is 2.13. The molecule has 0 saturated heterocycles. The summed E-state index contributed by atoms with van der Waals surface area (Å²) in [4.78, 5) is 18.9. The van der Waals surface area contributed by atoms with Crippen LogP contribution >= 0.6 is 11.8 Å². The van der Waals surface area contributed by atoms with Crippen molar-refractivity contribution in [1.82, 2.24) is 4.90 Å². The molecule has 0 bridgehead atoms. The van der Waals surface area contributed by atoms with Crippen LogP contribution in [0.15, 0.2) is 28.6 Å². The van der Waals surface area contributed by atoms with Crippen molar-refractivity contribution in [3.63, 3.8) is 0 Å². The zero-order valence-corrected chi connectivity index (χ0v) is 13.7. The molecule has 1 amide bonds. The zero-order valence-electron chi connectivity index (χ0n) is 12.9. The molecule has 1 aromatic carbocycles. The summed E-state index contributed by atoms with van der Waals surface area (Å²) in [6, 6.07) is 7.48. The highest BCUT2D eigenvalue weighted by Gasteiger charge is 2.42. The highest BCUT2D eigenvalue weighted by Crippen LogP contribution is 2.44. The van der Waals surface area contributed by atoms with Gasteiger partial charge < -0.3 is 10.2 Å². The van der Waals surface area contributed by atoms with Crippen molar-refractivity contribution in [2.75, 3.05) is 5.32 Å². The number of hydrogen-bond acceptors (Lipinski definition) is 4. The van der Waals surface area contributed by atoms with Crippen molar-refractivity contribution in [2.24, 2.45) is 4.99 Å². The van der Waals surface area contributed by atoms with E-state index in [-0.39, 0.29) is 5.91 Å². The standard InChI is InChI=1S/C18H19N3OS/c22-17-8-6-11-9-12(5-7-13(11)19-17)16-10-23-18-20-14-3-1-2-4-15(14)21(16)18/h5,7,9-10,14-15H,1-4,6,8H2,(H,19,22)/t14-,15+/m1/s1. The van der Waals surface area contributed by atoms with Crippen LogP contribution in [-0.2, 0) is 11.2 Å². The Morgan fingerprint density at radius 2 is 2.13 bits per heavy atom. The van der Waals surface area contributed by atoms with Crippen molar-refractivity contribution in [3.8, 4) is 0 Å². The van der Waals surface area contributed by atoms with E-state index in [1.165, 1.54) is 47.7 Å². The normalized spacial score (nSPS) is 28.5. The van der Waals surface area contributed by atoms with Crippen LogP contribution < -0.4 is 5.32 Å². The molecular weight excluding hydrogens is 306 g/mol. The number of nitrogens with zero attached hydrogens (tertiary/aromatic N) is 2. The van der Waals surface area contributed by atoms with E-state index in [4.69, 9.17) is 4.99 Å². The molecule has 2 atom stereocenters. The van der Waals surface area contributed by atoms with Crippen LogP contribution in [-0.4, -0.2) is 28.1 Å². The number of hydrogen-bond donors (Lipinski definition) is 1. The molecule has 118 valence electrons. The maximum absolute atomic E-state index is 11.5. The number of benzene rings is 1. The van der Waals surface area contributed by atoms with Crippen molar-refractivity contribution in [3.05, 3.63) is 34.7 Å². The summed E-state index contributed by atoms with van der Waals surface area (Å²) in [7, 11) is 0. The number of rotatable bonds is 1. The minimum absolute atomic E-state index is 0.125. The molecule has 3 aliphatic heterocycles. The topological polar surface area (TPSA) is 44.7 Å². The summed E-state index contributed by atoms with van der Waals surface area (Å²) < 4.78 is 0. The smallest absolute Gasteiger partial charge is 0.224 e. The van der Waals surface area contributed by atoms with Gasteiger partial charge in [-0.2, -0.15) is 0 Å². The third-order valence-electron chi connectivity index (χ3n) is 5.34. The summed E-state index contributed by atoms with van der Waals surface area (Å²) in [5.74, 6) is 0.125. The number of nitrogens with one attached hydrogen (secondary N) is 1. The van der Waals surface area contributed by atoms with E-state index in [0.717, 1.165) is 12.1 Å². The first kappa shape index (κ1) is 13.7. The second kappa shape index (κ2) is 5.13. The largest absolute Gasteiger partial charge is 0.326 e. The lowest BCUT2D eigenvalue weighted by Gasteiger charge is -2.32. The lowest BCUT2D eigenvalue weighted by atomic mass is 9.90. The molecule has 1 fully saturated rings. The molecule has 1 aliphatic carbocycles. The average molecular weight is 325 g/mol. The van der Waals surface area contributed by atoms with E-state index in [0.29, 0.717) is 18.5 Å². The van der Waals surface area contributed by atoms with E-state index >= 15 is 0 Å². The maximum atomic E-state index is 11.5. The molecule has 1 N–H and O–H groups in total. The maximum Gasteiger partial charge on any atom is 0.224 e. The number of aliphatic imine (C=N–C) groups is 1. The highest BCUT2D eigenvalue weighted by atomic mass is 32.2. The van der Waals surface area contributed by atoms with Crippen LogP contribution in [0, 0.1) is 0 Å². The van der Waals surface area contributed by atoms with Gasteiger partial charge >= 0.3 is 0 Å². The Morgan fingerprint density at radius 1 is 1.22 bits per heavy atom. The zero-order chi connectivity index (χ0) is 15.4. The minimum atomic E-state index is 0.125. The van der Waals surface area contributed by atoms with Crippen molar-refractivity contribution in [1.29, 1.82) is 0 Å². The quantitative estimate of drug-likeness (QED) is 0.858. The van der Waals surface area contributed by atoms with Gasteiger partial charge in [0.05, 0.1) is 17.8 Å². The number of anilines is 1. The Bertz CT molecular complexity index is 755. The first-order valence-electron chi connectivity index (χ1n) is 8.46. The summed E-state index contributed by atoms with van der Waals surface area (Å²) in [5, 5.41) is 6.39. The van der Waals surface area contributed by atoms with Crippen LogP contribution in [0.2, 0.25) is 0 Å². The summed E-state index contributed by atoms with van der Waals surface area (Å²) in [5.41, 5.74) is 4.77. The SMILES string of the molecule is O=C1CCc2cc(C3=CSC4=N[C@@H]5CCCC[C@@H]5N34)ccc2N1. The summed E-state index contributed by atoms with van der Waals surface area (Å²) >= 11 is 1.76. The molecule has 3 heterocycles. The van der Waals surface area contributed by atoms with E-state index in [1.54, 1.807) is 11.8 Å². The fourth-order valence-corrected chi connectivity index (χ4v) is 5.18. The molecule has 5 rings (SSSR count). The Hall–Kier alpha value is -1.75. The number of fused-ring (bicyclic) bond motifs is 4. The van der Waals surface area contributed by atoms with E-state index in [9.17, 15) is 4.79 Å². The van der Waals surface area contributed by atoms with Crippen LogP contribution in [0.1, 0.15) is 43.2 Å². The van der Waals surface area contributed by atoms with Gasteiger partial charge in [0.2, 0.25) is 5.91 Å². The Balaban J connectivity index is 1.48. The van der Waals surface area contributed by atoms with Crippen molar-refractivity contribution < 1.29 is 4.79 Å². The Kier molecular flexibility index (Phi) is 3.05. The monoisotopic (exact) mass is 325 g/mol. The van der Waals surface area contributed by atoms with Gasteiger partial charge in [-0.05, 0) is 42.5 Å². The van der Waals surface area contributed by atoms with Gasteiger partial charge in [0, 0.05) is 17.5 Å². The Labute approximate surface area is 140 Å². The molecule has 23 heavy (non-hydrogen) atoms. The van der Waals surface area contributed by atoms with Gasteiger partial charge in [0.1, 0.15) is 0 Å². The molecule has 0 aromatic heterocycles. The van der Waals surface area contributed by atoms with E-state index in [1.807, 2.05) is 0 Å².